The van der Waals surface area contributed by atoms with Crippen LogP contribution >= 0.6 is 0 Å². The first-order valence-corrected chi connectivity index (χ1v) is 5.93. The van der Waals surface area contributed by atoms with Crippen LogP contribution in [0, 0.1) is 13.8 Å². The minimum Gasteiger partial charge on any atom is -0.300 e. The third-order valence-corrected chi connectivity index (χ3v) is 2.69. The van der Waals surface area contributed by atoms with Crippen LogP contribution in [0.2, 0.25) is 0 Å². The number of nitrogens with one attached hydrogen (secondary N) is 2. The molecule has 0 atom stereocenters. The lowest BCUT2D eigenvalue weighted by Crippen LogP contribution is -2.18. The summed E-state index contributed by atoms with van der Waals surface area (Å²) in [5.74, 6) is 0. The second-order valence-electron chi connectivity index (χ2n) is 4.13. The van der Waals surface area contributed by atoms with Crippen LogP contribution in [-0.4, -0.2) is 6.34 Å². The van der Waals surface area contributed by atoms with Crippen LogP contribution in [0.4, 0.5) is 11.4 Å². The Kier molecular flexibility index (Phi) is 3.97. The molecule has 2 rings (SSSR count). The fourth-order valence-corrected chi connectivity index (χ4v) is 1.74. The number of hydrogen-bond donors (Lipinski definition) is 2. The van der Waals surface area contributed by atoms with E-state index in [0.717, 1.165) is 11.4 Å². The fourth-order valence-electron chi connectivity index (χ4n) is 1.74. The van der Waals surface area contributed by atoms with E-state index in [9.17, 15) is 0 Å². The number of aliphatic imine (C=N–C) groups is 1. The number of benzene rings is 2. The maximum Gasteiger partial charge on any atom is 0.107 e. The van der Waals surface area contributed by atoms with E-state index in [2.05, 4.69) is 41.8 Å². The van der Waals surface area contributed by atoms with Gasteiger partial charge in [-0.3, -0.25) is 5.43 Å². The number of hydrazine groups is 1. The van der Waals surface area contributed by atoms with Crippen molar-refractivity contribution in [1.82, 2.24) is 5.43 Å². The molecule has 92 valence electrons. The van der Waals surface area contributed by atoms with Crippen LogP contribution in [0.25, 0.3) is 0 Å². The lowest BCUT2D eigenvalue weighted by Gasteiger charge is -2.06. The number of para-hydroxylation sites is 2. The first-order valence-electron chi connectivity index (χ1n) is 5.93. The quantitative estimate of drug-likeness (QED) is 0.486. The zero-order valence-electron chi connectivity index (χ0n) is 10.6. The Morgan fingerprint density at radius 3 is 2.22 bits per heavy atom. The molecule has 2 aromatic rings. The predicted molar refractivity (Wildman–Crippen MR) is 77.3 cm³/mol. The van der Waals surface area contributed by atoms with Gasteiger partial charge in [-0.05, 0) is 37.1 Å². The predicted octanol–water partition coefficient (Wildman–Crippen LogP) is 3.58. The monoisotopic (exact) mass is 239 g/mol. The van der Waals surface area contributed by atoms with Gasteiger partial charge in [-0.2, -0.15) is 0 Å². The molecule has 0 bridgehead atoms. The second kappa shape index (κ2) is 5.87. The van der Waals surface area contributed by atoms with Crippen molar-refractivity contribution >= 4 is 17.7 Å². The highest BCUT2D eigenvalue weighted by Crippen LogP contribution is 2.21. The lowest BCUT2D eigenvalue weighted by atomic mass is 10.1. The summed E-state index contributed by atoms with van der Waals surface area (Å²) in [6, 6.07) is 16.1. The molecule has 0 aromatic heterocycles. The largest absolute Gasteiger partial charge is 0.300 e. The Bertz CT molecular complexity index is 512. The Morgan fingerprint density at radius 1 is 0.889 bits per heavy atom. The smallest absolute Gasteiger partial charge is 0.107 e. The minimum absolute atomic E-state index is 1.01. The summed E-state index contributed by atoms with van der Waals surface area (Å²) >= 11 is 0. The van der Waals surface area contributed by atoms with Gasteiger partial charge in [0.05, 0.1) is 11.4 Å². The topological polar surface area (TPSA) is 36.4 Å². The zero-order chi connectivity index (χ0) is 12.8. The van der Waals surface area contributed by atoms with Crippen LogP contribution in [0.1, 0.15) is 11.1 Å². The molecule has 0 aliphatic heterocycles. The molecule has 0 spiro atoms. The van der Waals surface area contributed by atoms with Crippen molar-refractivity contribution in [2.24, 2.45) is 4.99 Å². The first-order chi connectivity index (χ1) is 8.77. The van der Waals surface area contributed by atoms with E-state index in [4.69, 9.17) is 0 Å². The highest BCUT2D eigenvalue weighted by atomic mass is 15.4. The SMILES string of the molecule is Cc1cccc(C)c1N=CNNc1ccccc1. The fraction of sp³-hybridized carbons (Fsp3) is 0.133. The van der Waals surface area contributed by atoms with Gasteiger partial charge in [-0.25, -0.2) is 4.99 Å². The maximum atomic E-state index is 4.42. The number of nitrogens with zero attached hydrogens (tertiary/aromatic N) is 1. The third-order valence-electron chi connectivity index (χ3n) is 2.69. The summed E-state index contributed by atoms with van der Waals surface area (Å²) in [4.78, 5) is 4.42. The number of aryl methyl sites for hydroxylation is 2. The molecule has 2 N–H and O–H groups in total. The van der Waals surface area contributed by atoms with Crippen LogP contribution in [0.3, 0.4) is 0 Å². The van der Waals surface area contributed by atoms with E-state index < -0.39 is 0 Å². The van der Waals surface area contributed by atoms with Crippen molar-refractivity contribution in [1.29, 1.82) is 0 Å². The molecule has 0 saturated carbocycles. The van der Waals surface area contributed by atoms with Crippen molar-refractivity contribution in [3.8, 4) is 0 Å². The molecule has 0 aliphatic rings. The maximum absolute atomic E-state index is 4.42. The van der Waals surface area contributed by atoms with Gasteiger partial charge in [0.1, 0.15) is 6.34 Å². The van der Waals surface area contributed by atoms with Crippen LogP contribution in [0.15, 0.2) is 53.5 Å². The van der Waals surface area contributed by atoms with Crippen LogP contribution < -0.4 is 10.9 Å². The number of hydrogen-bond acceptors (Lipinski definition) is 2. The normalized spacial score (nSPS) is 10.6. The van der Waals surface area contributed by atoms with Crippen molar-refractivity contribution in [3.63, 3.8) is 0 Å². The Balaban J connectivity index is 1.96. The molecule has 3 nitrogen and oxygen atoms in total. The summed E-state index contributed by atoms with van der Waals surface area (Å²) in [5, 5.41) is 0. The van der Waals surface area contributed by atoms with Gasteiger partial charge in [-0.1, -0.05) is 36.4 Å². The molecule has 0 aliphatic carbocycles. The van der Waals surface area contributed by atoms with Crippen molar-refractivity contribution in [2.75, 3.05) is 5.43 Å². The summed E-state index contributed by atoms with van der Waals surface area (Å²) in [6.45, 7) is 4.12. The Morgan fingerprint density at radius 2 is 1.56 bits per heavy atom. The van der Waals surface area contributed by atoms with E-state index in [1.54, 1.807) is 6.34 Å². The van der Waals surface area contributed by atoms with E-state index in [-0.39, 0.29) is 0 Å². The van der Waals surface area contributed by atoms with Crippen LogP contribution in [-0.2, 0) is 0 Å². The minimum atomic E-state index is 1.01. The number of rotatable bonds is 4. The van der Waals surface area contributed by atoms with E-state index in [0.29, 0.717) is 0 Å². The molecule has 0 unspecified atom stereocenters. The second-order valence-corrected chi connectivity index (χ2v) is 4.13. The van der Waals surface area contributed by atoms with Gasteiger partial charge in [0.2, 0.25) is 0 Å². The highest BCUT2D eigenvalue weighted by molar-refractivity contribution is 5.66. The molecule has 0 radical (unpaired) electrons. The first kappa shape index (κ1) is 12.2. The summed E-state index contributed by atoms with van der Waals surface area (Å²) < 4.78 is 0. The van der Waals surface area contributed by atoms with Gasteiger partial charge in [0.25, 0.3) is 0 Å². The molecule has 0 saturated heterocycles. The van der Waals surface area contributed by atoms with Gasteiger partial charge in [0.15, 0.2) is 0 Å². The van der Waals surface area contributed by atoms with Gasteiger partial charge < -0.3 is 5.43 Å². The molecular weight excluding hydrogens is 222 g/mol. The van der Waals surface area contributed by atoms with Crippen molar-refractivity contribution < 1.29 is 0 Å². The molecule has 2 aromatic carbocycles. The Labute approximate surface area is 108 Å². The van der Waals surface area contributed by atoms with E-state index >= 15 is 0 Å². The lowest BCUT2D eigenvalue weighted by molar-refractivity contribution is 1.14. The van der Waals surface area contributed by atoms with Gasteiger partial charge >= 0.3 is 0 Å². The summed E-state index contributed by atoms with van der Waals surface area (Å²) in [5.41, 5.74) is 10.4. The van der Waals surface area contributed by atoms with Gasteiger partial charge in [0, 0.05) is 0 Å². The zero-order valence-corrected chi connectivity index (χ0v) is 10.6. The third kappa shape index (κ3) is 3.10. The Hall–Kier alpha value is -2.29. The molecule has 0 amide bonds. The summed E-state index contributed by atoms with van der Waals surface area (Å²) in [6.07, 6.45) is 1.67. The molecule has 0 heterocycles. The standard InChI is InChI=1S/C15H17N3/c1-12-7-6-8-13(2)15(12)16-11-17-18-14-9-4-3-5-10-14/h3-11,18H,1-2H3,(H,16,17). The van der Waals surface area contributed by atoms with E-state index in [1.807, 2.05) is 36.4 Å². The molecule has 0 fully saturated rings. The molecule has 3 heteroatoms. The highest BCUT2D eigenvalue weighted by Gasteiger charge is 1.97. The average molecular weight is 239 g/mol. The van der Waals surface area contributed by atoms with Gasteiger partial charge in [-0.15, -0.1) is 0 Å². The van der Waals surface area contributed by atoms with Crippen LogP contribution in [0.5, 0.6) is 0 Å². The van der Waals surface area contributed by atoms with Crippen molar-refractivity contribution in [3.05, 3.63) is 59.7 Å². The average Bonchev–Trinajstić information content (AvgIpc) is 2.38. The van der Waals surface area contributed by atoms with E-state index in [1.165, 1.54) is 11.1 Å². The van der Waals surface area contributed by atoms with Crippen molar-refractivity contribution in [2.45, 2.75) is 13.8 Å². The summed E-state index contributed by atoms with van der Waals surface area (Å²) in [7, 11) is 0. The molecular formula is C15H17N3. The number of anilines is 1. The molecule has 18 heavy (non-hydrogen) atoms.